The average Bonchev–Trinajstić information content (AvgIpc) is 2.32. The molecule has 0 fully saturated rings. The van der Waals surface area contributed by atoms with Crippen molar-refractivity contribution in [3.05, 3.63) is 67.5 Å². The van der Waals surface area contributed by atoms with Crippen LogP contribution in [-0.4, -0.2) is 0 Å². The quantitative estimate of drug-likeness (QED) is 0.761. The molecule has 0 saturated heterocycles. The first-order valence-electron chi connectivity index (χ1n) is 5.93. The van der Waals surface area contributed by atoms with E-state index in [1.54, 1.807) is 6.07 Å². The normalized spacial score (nSPS) is 12.5. The third-order valence-corrected chi connectivity index (χ3v) is 4.30. The first-order valence-corrected chi connectivity index (χ1v) is 7.38. The molecule has 1 unspecified atom stereocenters. The van der Waals surface area contributed by atoms with E-state index in [9.17, 15) is 4.39 Å². The van der Waals surface area contributed by atoms with Crippen LogP contribution in [0.25, 0.3) is 0 Å². The second-order valence-corrected chi connectivity index (χ2v) is 6.14. The van der Waals surface area contributed by atoms with Gasteiger partial charge in [-0.3, -0.25) is 0 Å². The summed E-state index contributed by atoms with van der Waals surface area (Å²) in [5.74, 6) is -0.242. The molecule has 19 heavy (non-hydrogen) atoms. The highest BCUT2D eigenvalue weighted by Gasteiger charge is 2.13. The highest BCUT2D eigenvalue weighted by Crippen LogP contribution is 2.26. The van der Waals surface area contributed by atoms with Crippen molar-refractivity contribution in [2.24, 2.45) is 5.73 Å². The second-order valence-electron chi connectivity index (χ2n) is 4.57. The van der Waals surface area contributed by atoms with Crippen LogP contribution < -0.4 is 5.73 Å². The molecule has 2 N–H and O–H groups in total. The van der Waals surface area contributed by atoms with Gasteiger partial charge in [0.2, 0.25) is 0 Å². The van der Waals surface area contributed by atoms with Crippen molar-refractivity contribution in [3.8, 4) is 0 Å². The van der Waals surface area contributed by atoms with Gasteiger partial charge in [-0.25, -0.2) is 4.39 Å². The van der Waals surface area contributed by atoms with Gasteiger partial charge >= 0.3 is 0 Å². The highest BCUT2D eigenvalue weighted by molar-refractivity contribution is 14.1. The van der Waals surface area contributed by atoms with E-state index in [1.165, 1.54) is 12.1 Å². The summed E-state index contributed by atoms with van der Waals surface area (Å²) in [7, 11) is 0. The lowest BCUT2D eigenvalue weighted by molar-refractivity contribution is 0.622. The molecule has 0 aliphatic rings. The Kier molecular flexibility index (Phi) is 4.81. The zero-order valence-electron chi connectivity index (χ0n) is 10.5. The van der Waals surface area contributed by atoms with Crippen LogP contribution >= 0.6 is 34.2 Å². The zero-order chi connectivity index (χ0) is 14.0. The van der Waals surface area contributed by atoms with Gasteiger partial charge in [-0.2, -0.15) is 0 Å². The minimum absolute atomic E-state index is 0.187. The molecule has 0 aliphatic heterocycles. The highest BCUT2D eigenvalue weighted by atomic mass is 127. The Balaban J connectivity index is 2.23. The average molecular weight is 390 g/mol. The standard InChI is InChI=1S/C15H14ClFIN/c1-9-2-3-10(13(16)6-9)7-15(19)12-5-4-11(17)8-14(12)18/h2-6,8,15H,7,19H2,1H3. The van der Waals surface area contributed by atoms with Crippen molar-refractivity contribution in [1.29, 1.82) is 0 Å². The third-order valence-electron chi connectivity index (χ3n) is 3.01. The van der Waals surface area contributed by atoms with Crippen molar-refractivity contribution < 1.29 is 4.39 Å². The van der Waals surface area contributed by atoms with E-state index < -0.39 is 0 Å². The van der Waals surface area contributed by atoms with Gasteiger partial charge in [0.25, 0.3) is 0 Å². The van der Waals surface area contributed by atoms with Crippen LogP contribution in [0.15, 0.2) is 36.4 Å². The number of aryl methyl sites for hydroxylation is 1. The summed E-state index contributed by atoms with van der Waals surface area (Å²) in [5.41, 5.74) is 9.28. The van der Waals surface area contributed by atoms with Crippen molar-refractivity contribution in [3.63, 3.8) is 0 Å². The number of hydrogen-bond acceptors (Lipinski definition) is 1. The van der Waals surface area contributed by atoms with E-state index in [0.717, 1.165) is 25.3 Å². The maximum atomic E-state index is 13.1. The monoisotopic (exact) mass is 389 g/mol. The Morgan fingerprint density at radius 2 is 2.00 bits per heavy atom. The fraction of sp³-hybridized carbons (Fsp3) is 0.200. The van der Waals surface area contributed by atoms with Gasteiger partial charge in [-0.1, -0.05) is 29.8 Å². The lowest BCUT2D eigenvalue weighted by Gasteiger charge is -2.15. The molecule has 0 amide bonds. The Morgan fingerprint density at radius 1 is 1.26 bits per heavy atom. The van der Waals surface area contributed by atoms with Gasteiger partial charge in [-0.05, 0) is 70.8 Å². The summed E-state index contributed by atoms with van der Waals surface area (Å²) < 4.78 is 13.9. The third kappa shape index (κ3) is 3.68. The first-order chi connectivity index (χ1) is 8.97. The maximum absolute atomic E-state index is 13.1. The van der Waals surface area contributed by atoms with Gasteiger partial charge < -0.3 is 5.73 Å². The van der Waals surface area contributed by atoms with Crippen molar-refractivity contribution in [1.82, 2.24) is 0 Å². The molecule has 1 nitrogen and oxygen atoms in total. The Hall–Kier alpha value is -0.650. The topological polar surface area (TPSA) is 26.0 Å². The number of hydrogen-bond donors (Lipinski definition) is 1. The summed E-state index contributed by atoms with van der Waals surface area (Å²) in [6.45, 7) is 2.00. The van der Waals surface area contributed by atoms with E-state index in [-0.39, 0.29) is 11.9 Å². The summed E-state index contributed by atoms with van der Waals surface area (Å²) in [6.07, 6.45) is 0.640. The molecule has 4 heteroatoms. The maximum Gasteiger partial charge on any atom is 0.124 e. The molecule has 0 aromatic heterocycles. The van der Waals surface area contributed by atoms with E-state index >= 15 is 0 Å². The number of benzene rings is 2. The largest absolute Gasteiger partial charge is 0.324 e. The Morgan fingerprint density at radius 3 is 2.63 bits per heavy atom. The summed E-state index contributed by atoms with van der Waals surface area (Å²) >= 11 is 8.31. The number of rotatable bonds is 3. The van der Waals surface area contributed by atoms with Crippen LogP contribution in [0.5, 0.6) is 0 Å². The fourth-order valence-electron chi connectivity index (χ4n) is 1.97. The fourth-order valence-corrected chi connectivity index (χ4v) is 3.16. The number of halogens is 3. The molecule has 0 heterocycles. The van der Waals surface area contributed by atoms with Gasteiger partial charge in [0.05, 0.1) is 0 Å². The molecule has 2 aromatic rings. The lowest BCUT2D eigenvalue weighted by Crippen LogP contribution is -2.15. The van der Waals surface area contributed by atoms with Crippen molar-refractivity contribution in [2.75, 3.05) is 0 Å². The van der Waals surface area contributed by atoms with Gasteiger partial charge in [0.1, 0.15) is 5.82 Å². The van der Waals surface area contributed by atoms with E-state index in [4.69, 9.17) is 17.3 Å². The van der Waals surface area contributed by atoms with Crippen LogP contribution in [0.4, 0.5) is 4.39 Å². The molecule has 0 aliphatic carbocycles. The Labute approximate surface area is 131 Å². The summed E-state index contributed by atoms with van der Waals surface area (Å²) in [5, 5.41) is 0.729. The molecule has 100 valence electrons. The molecule has 1 atom stereocenters. The lowest BCUT2D eigenvalue weighted by atomic mass is 9.99. The molecule has 2 rings (SSSR count). The van der Waals surface area contributed by atoms with Crippen LogP contribution in [0.1, 0.15) is 22.7 Å². The van der Waals surface area contributed by atoms with Gasteiger partial charge in [-0.15, -0.1) is 0 Å². The van der Waals surface area contributed by atoms with Crippen LogP contribution in [-0.2, 0) is 6.42 Å². The summed E-state index contributed by atoms with van der Waals surface area (Å²) in [4.78, 5) is 0. The van der Waals surface area contributed by atoms with Crippen LogP contribution in [0.2, 0.25) is 5.02 Å². The molecule has 2 aromatic carbocycles. The van der Waals surface area contributed by atoms with E-state index in [1.807, 2.05) is 25.1 Å². The molecule has 0 bridgehead atoms. The predicted molar refractivity (Wildman–Crippen MR) is 85.9 cm³/mol. The second kappa shape index (κ2) is 6.20. The smallest absolute Gasteiger partial charge is 0.124 e. The summed E-state index contributed by atoms with van der Waals surface area (Å²) in [6, 6.07) is 10.4. The number of nitrogens with two attached hydrogens (primary N) is 1. The zero-order valence-corrected chi connectivity index (χ0v) is 13.4. The Bertz CT molecular complexity index is 601. The van der Waals surface area contributed by atoms with Gasteiger partial charge in [0.15, 0.2) is 0 Å². The minimum atomic E-state index is -0.242. The molecular formula is C15H14ClFIN. The van der Waals surface area contributed by atoms with Crippen LogP contribution in [0, 0.1) is 16.3 Å². The molecular weight excluding hydrogens is 376 g/mol. The van der Waals surface area contributed by atoms with E-state index in [2.05, 4.69) is 22.6 Å². The SMILES string of the molecule is Cc1ccc(CC(N)c2ccc(F)cc2I)c(Cl)c1. The first kappa shape index (κ1) is 14.8. The van der Waals surface area contributed by atoms with E-state index in [0.29, 0.717) is 6.42 Å². The predicted octanol–water partition coefficient (Wildman–Crippen LogP) is 4.63. The minimum Gasteiger partial charge on any atom is -0.324 e. The van der Waals surface area contributed by atoms with Gasteiger partial charge in [0, 0.05) is 14.6 Å². The van der Waals surface area contributed by atoms with Crippen LogP contribution in [0.3, 0.4) is 0 Å². The molecule has 0 spiro atoms. The molecule has 0 radical (unpaired) electrons. The van der Waals surface area contributed by atoms with Crippen molar-refractivity contribution in [2.45, 2.75) is 19.4 Å². The molecule has 0 saturated carbocycles. The van der Waals surface area contributed by atoms with Crippen molar-refractivity contribution >= 4 is 34.2 Å².